The SMILES string of the molecule is C#CCOc1ccc(C(c2c(C)[nH][nH]c2=O)c2c(C)[nH][nH]c2=O)cc1OCC. The smallest absolute Gasteiger partial charge is 0.268 e. The second kappa shape index (κ2) is 7.96. The van der Waals surface area contributed by atoms with E-state index in [-0.39, 0.29) is 17.7 Å². The lowest BCUT2D eigenvalue weighted by Gasteiger charge is -2.18. The lowest BCUT2D eigenvalue weighted by molar-refractivity contribution is 0.299. The van der Waals surface area contributed by atoms with Gasteiger partial charge in [-0.05, 0) is 38.5 Å². The third-order valence-corrected chi connectivity index (χ3v) is 4.51. The van der Waals surface area contributed by atoms with Crippen molar-refractivity contribution in [2.75, 3.05) is 13.2 Å². The molecule has 2 heterocycles. The van der Waals surface area contributed by atoms with Gasteiger partial charge >= 0.3 is 0 Å². The third-order valence-electron chi connectivity index (χ3n) is 4.51. The molecular weight excluding hydrogens is 360 g/mol. The second-order valence-corrected chi connectivity index (χ2v) is 6.30. The Bertz CT molecular complexity index is 1070. The summed E-state index contributed by atoms with van der Waals surface area (Å²) in [6.45, 7) is 5.95. The number of ether oxygens (including phenoxy) is 2. The average Bonchev–Trinajstić information content (AvgIpc) is 3.18. The monoisotopic (exact) mass is 382 g/mol. The highest BCUT2D eigenvalue weighted by Gasteiger charge is 2.28. The summed E-state index contributed by atoms with van der Waals surface area (Å²) in [5, 5.41) is 10.8. The summed E-state index contributed by atoms with van der Waals surface area (Å²) < 4.78 is 11.2. The van der Waals surface area contributed by atoms with Gasteiger partial charge in [-0.25, -0.2) is 0 Å². The lowest BCUT2D eigenvalue weighted by atomic mass is 9.85. The molecule has 8 heteroatoms. The molecule has 3 rings (SSSR count). The Morgan fingerprint density at radius 1 is 0.964 bits per heavy atom. The lowest BCUT2D eigenvalue weighted by Crippen LogP contribution is -2.20. The zero-order chi connectivity index (χ0) is 20.3. The first kappa shape index (κ1) is 19.2. The summed E-state index contributed by atoms with van der Waals surface area (Å²) in [4.78, 5) is 25.0. The van der Waals surface area contributed by atoms with E-state index in [1.807, 2.05) is 6.92 Å². The maximum atomic E-state index is 12.5. The molecular formula is C20H22N4O4. The molecule has 0 aliphatic carbocycles. The predicted molar refractivity (Wildman–Crippen MR) is 105 cm³/mol. The quantitative estimate of drug-likeness (QED) is 0.467. The number of benzene rings is 1. The molecule has 0 aliphatic heterocycles. The molecule has 0 atom stereocenters. The molecule has 0 spiro atoms. The van der Waals surface area contributed by atoms with Crippen LogP contribution in [-0.4, -0.2) is 33.6 Å². The Morgan fingerprint density at radius 2 is 1.57 bits per heavy atom. The minimum absolute atomic E-state index is 0.107. The number of aromatic nitrogens is 4. The van der Waals surface area contributed by atoms with E-state index in [0.29, 0.717) is 40.6 Å². The van der Waals surface area contributed by atoms with Gasteiger partial charge in [0.2, 0.25) is 0 Å². The number of rotatable bonds is 7. The predicted octanol–water partition coefficient (Wildman–Crippen LogP) is 1.93. The van der Waals surface area contributed by atoms with Crippen LogP contribution in [0.1, 0.15) is 40.9 Å². The first-order valence-electron chi connectivity index (χ1n) is 8.85. The van der Waals surface area contributed by atoms with Gasteiger partial charge in [0.1, 0.15) is 6.61 Å². The van der Waals surface area contributed by atoms with E-state index in [9.17, 15) is 9.59 Å². The second-order valence-electron chi connectivity index (χ2n) is 6.30. The first-order chi connectivity index (χ1) is 13.5. The normalized spacial score (nSPS) is 10.8. The molecule has 0 unspecified atom stereocenters. The highest BCUT2D eigenvalue weighted by atomic mass is 16.5. The summed E-state index contributed by atoms with van der Waals surface area (Å²) in [5.74, 6) is 2.83. The van der Waals surface area contributed by atoms with Crippen molar-refractivity contribution < 1.29 is 9.47 Å². The van der Waals surface area contributed by atoms with Gasteiger partial charge in [0.15, 0.2) is 11.5 Å². The Balaban J connectivity index is 2.22. The van der Waals surface area contributed by atoms with Crippen LogP contribution in [-0.2, 0) is 0 Å². The van der Waals surface area contributed by atoms with Crippen molar-refractivity contribution in [1.82, 2.24) is 20.4 Å². The minimum Gasteiger partial charge on any atom is -0.490 e. The molecule has 3 aromatic rings. The molecule has 0 saturated heterocycles. The average molecular weight is 382 g/mol. The maximum Gasteiger partial charge on any atom is 0.268 e. The number of H-pyrrole nitrogens is 4. The van der Waals surface area contributed by atoms with Gasteiger partial charge in [0.05, 0.1) is 17.7 Å². The molecule has 0 aliphatic rings. The van der Waals surface area contributed by atoms with E-state index in [1.54, 1.807) is 32.0 Å². The fourth-order valence-electron chi connectivity index (χ4n) is 3.30. The van der Waals surface area contributed by atoms with Crippen LogP contribution in [0.5, 0.6) is 11.5 Å². The first-order valence-corrected chi connectivity index (χ1v) is 8.85. The van der Waals surface area contributed by atoms with Gasteiger partial charge in [-0.2, -0.15) is 0 Å². The fourth-order valence-corrected chi connectivity index (χ4v) is 3.30. The topological polar surface area (TPSA) is 116 Å². The van der Waals surface area contributed by atoms with Gasteiger partial charge < -0.3 is 19.7 Å². The minimum atomic E-state index is -0.592. The van der Waals surface area contributed by atoms with E-state index in [1.165, 1.54) is 0 Å². The van der Waals surface area contributed by atoms with E-state index in [4.69, 9.17) is 15.9 Å². The molecule has 1 aromatic carbocycles. The van der Waals surface area contributed by atoms with E-state index in [2.05, 4.69) is 26.3 Å². The highest BCUT2D eigenvalue weighted by molar-refractivity contribution is 5.51. The van der Waals surface area contributed by atoms with E-state index >= 15 is 0 Å². The van der Waals surface area contributed by atoms with Crippen molar-refractivity contribution in [3.63, 3.8) is 0 Å². The third kappa shape index (κ3) is 3.47. The van der Waals surface area contributed by atoms with Gasteiger partial charge in [-0.1, -0.05) is 12.0 Å². The standard InChI is InChI=1S/C20H22N4O4/c1-5-9-28-14-8-7-13(10-15(14)27-6-2)18(16-11(3)21-23-19(16)25)17-12(4)22-24-20(17)26/h1,7-8,10,18H,6,9H2,2-4H3,(H2,21,23,25)(H2,22,24,26). The molecule has 4 N–H and O–H groups in total. The van der Waals surface area contributed by atoms with Crippen LogP contribution in [0, 0.1) is 26.2 Å². The van der Waals surface area contributed by atoms with Crippen LogP contribution < -0.4 is 20.6 Å². The number of nitrogens with one attached hydrogen (secondary N) is 4. The molecule has 0 fully saturated rings. The largest absolute Gasteiger partial charge is 0.490 e. The van der Waals surface area contributed by atoms with Crippen molar-refractivity contribution >= 4 is 0 Å². The van der Waals surface area contributed by atoms with E-state index < -0.39 is 5.92 Å². The summed E-state index contributed by atoms with van der Waals surface area (Å²) in [6.07, 6.45) is 5.27. The van der Waals surface area contributed by atoms with Crippen LogP contribution in [0.25, 0.3) is 0 Å². The van der Waals surface area contributed by atoms with Crippen molar-refractivity contribution in [2.45, 2.75) is 26.7 Å². The molecule has 0 amide bonds. The zero-order valence-corrected chi connectivity index (χ0v) is 15.9. The number of aromatic amines is 4. The summed E-state index contributed by atoms with van der Waals surface area (Å²) in [5.41, 5.74) is 2.39. The Morgan fingerprint density at radius 3 is 2.04 bits per heavy atom. The Hall–Kier alpha value is -3.60. The molecule has 0 radical (unpaired) electrons. The Kier molecular flexibility index (Phi) is 5.45. The number of hydrogen-bond donors (Lipinski definition) is 4. The van der Waals surface area contributed by atoms with Crippen LogP contribution in [0.3, 0.4) is 0 Å². The number of hydrogen-bond acceptors (Lipinski definition) is 4. The van der Waals surface area contributed by atoms with Crippen LogP contribution >= 0.6 is 0 Å². The number of aryl methyl sites for hydroxylation is 2. The number of terminal acetylenes is 1. The van der Waals surface area contributed by atoms with Crippen LogP contribution in [0.4, 0.5) is 0 Å². The van der Waals surface area contributed by atoms with Gasteiger partial charge in [-0.3, -0.25) is 19.8 Å². The van der Waals surface area contributed by atoms with E-state index in [0.717, 1.165) is 5.56 Å². The molecule has 0 saturated carbocycles. The summed E-state index contributed by atoms with van der Waals surface area (Å²) >= 11 is 0. The van der Waals surface area contributed by atoms with Crippen molar-refractivity contribution in [1.29, 1.82) is 0 Å². The van der Waals surface area contributed by atoms with Gasteiger partial charge in [0, 0.05) is 17.3 Å². The molecule has 146 valence electrons. The van der Waals surface area contributed by atoms with Crippen molar-refractivity contribution in [2.24, 2.45) is 0 Å². The summed E-state index contributed by atoms with van der Waals surface area (Å²) in [7, 11) is 0. The molecule has 8 nitrogen and oxygen atoms in total. The zero-order valence-electron chi connectivity index (χ0n) is 15.9. The van der Waals surface area contributed by atoms with Gasteiger partial charge in [-0.15, -0.1) is 6.42 Å². The van der Waals surface area contributed by atoms with Crippen molar-refractivity contribution in [3.05, 3.63) is 67.0 Å². The van der Waals surface area contributed by atoms with Crippen LogP contribution in [0.2, 0.25) is 0 Å². The molecule has 28 heavy (non-hydrogen) atoms. The highest BCUT2D eigenvalue weighted by Crippen LogP contribution is 2.36. The molecule has 0 bridgehead atoms. The molecule has 2 aromatic heterocycles. The fraction of sp³-hybridized carbons (Fsp3) is 0.300. The van der Waals surface area contributed by atoms with Crippen molar-refractivity contribution in [3.8, 4) is 23.8 Å². The van der Waals surface area contributed by atoms with Gasteiger partial charge in [0.25, 0.3) is 11.1 Å². The maximum absolute atomic E-state index is 12.5. The van der Waals surface area contributed by atoms with Crippen LogP contribution in [0.15, 0.2) is 27.8 Å². The Labute approximate surface area is 161 Å². The summed E-state index contributed by atoms with van der Waals surface area (Å²) in [6, 6.07) is 5.31.